The Kier molecular flexibility index (Phi) is 3.84. The van der Waals surface area contributed by atoms with Crippen LogP contribution < -0.4 is 5.73 Å². The summed E-state index contributed by atoms with van der Waals surface area (Å²) in [6.07, 6.45) is 1.68. The monoisotopic (exact) mass is 355 g/mol. The maximum atomic E-state index is 11.4. The van der Waals surface area contributed by atoms with Crippen molar-refractivity contribution in [1.82, 2.24) is 20.2 Å². The van der Waals surface area contributed by atoms with E-state index in [2.05, 4.69) is 31.5 Å². The van der Waals surface area contributed by atoms with E-state index in [1.807, 2.05) is 22.9 Å². The first-order chi connectivity index (χ1) is 9.63. The fourth-order valence-corrected chi connectivity index (χ4v) is 4.18. The van der Waals surface area contributed by atoms with Crippen LogP contribution in [0.2, 0.25) is 0 Å². The van der Waals surface area contributed by atoms with Crippen LogP contribution in [0.25, 0.3) is 11.4 Å². The lowest BCUT2D eigenvalue weighted by Gasteiger charge is -2.22. The number of nitrogens with two attached hydrogens (primary N) is 1. The fourth-order valence-electron chi connectivity index (χ4n) is 2.40. The molecule has 8 heteroatoms. The van der Waals surface area contributed by atoms with Crippen molar-refractivity contribution in [3.63, 3.8) is 0 Å². The lowest BCUT2D eigenvalue weighted by molar-refractivity contribution is 0.415. The van der Waals surface area contributed by atoms with E-state index in [1.165, 1.54) is 0 Å². The van der Waals surface area contributed by atoms with Crippen molar-refractivity contribution >= 4 is 32.4 Å². The first-order valence-electron chi connectivity index (χ1n) is 6.33. The van der Waals surface area contributed by atoms with Crippen molar-refractivity contribution in [2.45, 2.75) is 18.9 Å². The van der Waals surface area contributed by atoms with E-state index in [4.69, 9.17) is 5.73 Å². The van der Waals surface area contributed by atoms with Crippen LogP contribution in [-0.2, 0) is 10.8 Å². The minimum atomic E-state index is -0.690. The first kappa shape index (κ1) is 13.7. The third-order valence-electron chi connectivity index (χ3n) is 3.37. The quantitative estimate of drug-likeness (QED) is 0.829. The van der Waals surface area contributed by atoms with Crippen LogP contribution >= 0.6 is 15.9 Å². The second-order valence-electron chi connectivity index (χ2n) is 4.80. The standard InChI is InChI=1S/C12H14BrN5OS/c13-9-5-8(6-10(14)7-9)12-15-16-17-18(12)11-1-3-20(19)4-2-11/h5-7,11H,1-4,14H2. The molecule has 1 fully saturated rings. The van der Waals surface area contributed by atoms with Gasteiger partial charge < -0.3 is 5.73 Å². The van der Waals surface area contributed by atoms with Gasteiger partial charge in [-0.1, -0.05) is 15.9 Å². The first-order valence-corrected chi connectivity index (χ1v) is 8.61. The summed E-state index contributed by atoms with van der Waals surface area (Å²) in [6.45, 7) is 0. The average molecular weight is 356 g/mol. The zero-order valence-electron chi connectivity index (χ0n) is 10.7. The molecule has 1 aliphatic heterocycles. The van der Waals surface area contributed by atoms with Gasteiger partial charge in [0.1, 0.15) is 0 Å². The highest BCUT2D eigenvalue weighted by Crippen LogP contribution is 2.29. The van der Waals surface area contributed by atoms with Gasteiger partial charge in [-0.25, -0.2) is 4.68 Å². The number of anilines is 1. The number of halogens is 1. The molecule has 0 amide bonds. The third-order valence-corrected chi connectivity index (χ3v) is 5.21. The van der Waals surface area contributed by atoms with Gasteiger partial charge in [-0.05, 0) is 41.5 Å². The molecule has 1 saturated heterocycles. The Bertz CT molecular complexity index is 629. The van der Waals surface area contributed by atoms with E-state index in [0.29, 0.717) is 23.0 Å². The van der Waals surface area contributed by atoms with E-state index in [9.17, 15) is 4.21 Å². The number of tetrazole rings is 1. The largest absolute Gasteiger partial charge is 0.399 e. The van der Waals surface area contributed by atoms with Gasteiger partial charge in [-0.2, -0.15) is 0 Å². The van der Waals surface area contributed by atoms with Crippen molar-refractivity contribution in [3.8, 4) is 11.4 Å². The Morgan fingerprint density at radius 2 is 2.05 bits per heavy atom. The topological polar surface area (TPSA) is 86.7 Å². The van der Waals surface area contributed by atoms with Gasteiger partial charge in [0.25, 0.3) is 0 Å². The predicted molar refractivity (Wildman–Crippen MR) is 81.5 cm³/mol. The summed E-state index contributed by atoms with van der Waals surface area (Å²) < 4.78 is 14.2. The minimum Gasteiger partial charge on any atom is -0.399 e. The zero-order chi connectivity index (χ0) is 14.1. The van der Waals surface area contributed by atoms with Crippen LogP contribution in [0.5, 0.6) is 0 Å². The SMILES string of the molecule is Nc1cc(Br)cc(-c2nnnn2C2CCS(=O)CC2)c1. The predicted octanol–water partition coefficient (Wildman–Crippen LogP) is 1.77. The van der Waals surface area contributed by atoms with Gasteiger partial charge in [0.2, 0.25) is 0 Å². The van der Waals surface area contributed by atoms with E-state index in [-0.39, 0.29) is 6.04 Å². The van der Waals surface area contributed by atoms with Crippen molar-refractivity contribution in [1.29, 1.82) is 0 Å². The summed E-state index contributed by atoms with van der Waals surface area (Å²) in [6, 6.07) is 5.84. The molecular weight excluding hydrogens is 342 g/mol. The van der Waals surface area contributed by atoms with Crippen LogP contribution in [-0.4, -0.2) is 35.9 Å². The highest BCUT2D eigenvalue weighted by atomic mass is 79.9. The van der Waals surface area contributed by atoms with Crippen molar-refractivity contribution < 1.29 is 4.21 Å². The molecule has 106 valence electrons. The van der Waals surface area contributed by atoms with E-state index in [0.717, 1.165) is 22.9 Å². The van der Waals surface area contributed by atoms with Crippen LogP contribution in [0, 0.1) is 0 Å². The number of nitrogens with zero attached hydrogens (tertiary/aromatic N) is 4. The highest BCUT2D eigenvalue weighted by Gasteiger charge is 2.23. The smallest absolute Gasteiger partial charge is 0.182 e. The molecule has 2 heterocycles. The zero-order valence-corrected chi connectivity index (χ0v) is 13.1. The maximum Gasteiger partial charge on any atom is 0.182 e. The number of hydrogen-bond donors (Lipinski definition) is 1. The van der Waals surface area contributed by atoms with Gasteiger partial charge in [0.15, 0.2) is 5.82 Å². The summed E-state index contributed by atoms with van der Waals surface area (Å²) in [5.74, 6) is 2.13. The Hall–Kier alpha value is -1.28. The molecule has 1 aromatic carbocycles. The second-order valence-corrected chi connectivity index (χ2v) is 7.41. The van der Waals surface area contributed by atoms with Crippen LogP contribution in [0.3, 0.4) is 0 Å². The molecular formula is C12H14BrN5OS. The lowest BCUT2D eigenvalue weighted by Crippen LogP contribution is -2.23. The molecule has 0 radical (unpaired) electrons. The molecule has 0 atom stereocenters. The Morgan fingerprint density at radius 3 is 2.75 bits per heavy atom. The summed E-state index contributed by atoms with van der Waals surface area (Å²) in [5, 5.41) is 12.0. The normalized spacial score (nSPS) is 22.9. The molecule has 0 saturated carbocycles. The van der Waals surface area contributed by atoms with Gasteiger partial charge in [0, 0.05) is 38.0 Å². The molecule has 2 aromatic rings. The number of nitrogen functional groups attached to an aromatic ring is 1. The molecule has 0 aliphatic carbocycles. The summed E-state index contributed by atoms with van der Waals surface area (Å²) in [5.41, 5.74) is 7.41. The van der Waals surface area contributed by atoms with Crippen LogP contribution in [0.15, 0.2) is 22.7 Å². The van der Waals surface area contributed by atoms with E-state index < -0.39 is 10.8 Å². The Morgan fingerprint density at radius 1 is 1.30 bits per heavy atom. The Labute approximate surface area is 127 Å². The minimum absolute atomic E-state index is 0.206. The molecule has 20 heavy (non-hydrogen) atoms. The lowest BCUT2D eigenvalue weighted by atomic mass is 10.1. The molecule has 0 unspecified atom stereocenters. The van der Waals surface area contributed by atoms with Crippen molar-refractivity contribution in [2.75, 3.05) is 17.2 Å². The molecule has 6 nitrogen and oxygen atoms in total. The van der Waals surface area contributed by atoms with Gasteiger partial charge in [-0.15, -0.1) is 5.10 Å². The maximum absolute atomic E-state index is 11.4. The summed E-state index contributed by atoms with van der Waals surface area (Å²) >= 11 is 3.43. The number of aromatic nitrogens is 4. The third kappa shape index (κ3) is 2.76. The van der Waals surface area contributed by atoms with Gasteiger partial charge in [0.05, 0.1) is 6.04 Å². The van der Waals surface area contributed by atoms with Gasteiger partial charge in [-0.3, -0.25) is 4.21 Å². The molecule has 0 spiro atoms. The average Bonchev–Trinajstić information content (AvgIpc) is 2.87. The van der Waals surface area contributed by atoms with Gasteiger partial charge >= 0.3 is 0 Å². The van der Waals surface area contributed by atoms with Crippen molar-refractivity contribution in [2.24, 2.45) is 0 Å². The van der Waals surface area contributed by atoms with E-state index >= 15 is 0 Å². The summed E-state index contributed by atoms with van der Waals surface area (Å²) in [7, 11) is -0.690. The molecule has 0 bridgehead atoms. The molecule has 1 aliphatic rings. The van der Waals surface area contributed by atoms with E-state index in [1.54, 1.807) is 0 Å². The fraction of sp³-hybridized carbons (Fsp3) is 0.417. The van der Waals surface area contributed by atoms with Crippen LogP contribution in [0.1, 0.15) is 18.9 Å². The molecule has 3 rings (SSSR count). The molecule has 1 aromatic heterocycles. The highest BCUT2D eigenvalue weighted by molar-refractivity contribution is 9.10. The number of hydrogen-bond acceptors (Lipinski definition) is 5. The number of rotatable bonds is 2. The van der Waals surface area contributed by atoms with Crippen molar-refractivity contribution in [3.05, 3.63) is 22.7 Å². The van der Waals surface area contributed by atoms with Crippen LogP contribution in [0.4, 0.5) is 5.69 Å². The summed E-state index contributed by atoms with van der Waals surface area (Å²) in [4.78, 5) is 0. The number of benzene rings is 1. The Balaban J connectivity index is 1.95. The molecule has 2 N–H and O–H groups in total. The second kappa shape index (κ2) is 5.61.